The van der Waals surface area contributed by atoms with Crippen molar-refractivity contribution in [2.75, 3.05) is 0 Å². The third kappa shape index (κ3) is 4.53. The van der Waals surface area contributed by atoms with Crippen molar-refractivity contribution in [3.8, 4) is 5.75 Å². The molecule has 0 aliphatic rings. The maximum Gasteiger partial charge on any atom is 0.274 e. The van der Waals surface area contributed by atoms with Crippen LogP contribution in [0.4, 0.5) is 4.39 Å². The average molecular weight is 368 g/mol. The fourth-order valence-electron chi connectivity index (χ4n) is 2.57. The number of aryl methyl sites for hydroxylation is 3. The molecule has 140 valence electrons. The van der Waals surface area contributed by atoms with Crippen molar-refractivity contribution >= 4 is 5.91 Å². The highest BCUT2D eigenvalue weighted by Crippen LogP contribution is 2.20. The lowest BCUT2D eigenvalue weighted by atomic mass is 10.1. The minimum atomic E-state index is -0.366. The van der Waals surface area contributed by atoms with E-state index in [2.05, 4.69) is 10.5 Å². The van der Waals surface area contributed by atoms with Crippen molar-refractivity contribution in [2.45, 2.75) is 33.9 Å². The van der Waals surface area contributed by atoms with Crippen LogP contribution in [0.25, 0.3) is 0 Å². The molecule has 0 bridgehead atoms. The first kappa shape index (κ1) is 18.6. The molecule has 0 unspecified atom stereocenters. The Hall–Kier alpha value is -3.15. The molecule has 0 spiro atoms. The third-order valence-corrected chi connectivity index (χ3v) is 4.43. The highest BCUT2D eigenvalue weighted by Gasteiger charge is 2.20. The summed E-state index contributed by atoms with van der Waals surface area (Å²) in [5, 5.41) is 6.62. The average Bonchev–Trinajstić information content (AvgIpc) is 3.02. The highest BCUT2D eigenvalue weighted by atomic mass is 19.1. The van der Waals surface area contributed by atoms with Gasteiger partial charge in [0.05, 0.1) is 5.56 Å². The highest BCUT2D eigenvalue weighted by molar-refractivity contribution is 5.93. The van der Waals surface area contributed by atoms with Gasteiger partial charge in [0.2, 0.25) is 0 Å². The minimum absolute atomic E-state index is 0.178. The van der Waals surface area contributed by atoms with E-state index in [1.54, 1.807) is 19.1 Å². The molecule has 1 N–H and O–H groups in total. The number of nitrogens with one attached hydrogen (secondary N) is 1. The van der Waals surface area contributed by atoms with Gasteiger partial charge in [-0.1, -0.05) is 23.4 Å². The number of carbonyl (C=O) groups is 1. The zero-order valence-corrected chi connectivity index (χ0v) is 15.5. The van der Waals surface area contributed by atoms with Gasteiger partial charge in [0, 0.05) is 6.54 Å². The van der Waals surface area contributed by atoms with Gasteiger partial charge in [-0.3, -0.25) is 4.79 Å². The summed E-state index contributed by atoms with van der Waals surface area (Å²) in [5.74, 6) is 0.569. The summed E-state index contributed by atoms with van der Waals surface area (Å²) in [4.78, 5) is 12.5. The van der Waals surface area contributed by atoms with Crippen LogP contribution in [0, 0.1) is 26.6 Å². The van der Waals surface area contributed by atoms with E-state index in [1.807, 2.05) is 32.0 Å². The molecule has 1 aromatic heterocycles. The fourth-order valence-corrected chi connectivity index (χ4v) is 2.57. The van der Waals surface area contributed by atoms with E-state index < -0.39 is 0 Å². The number of hydrogen-bond acceptors (Lipinski definition) is 4. The molecular weight excluding hydrogens is 347 g/mol. The van der Waals surface area contributed by atoms with Gasteiger partial charge in [-0.05, 0) is 61.7 Å². The van der Waals surface area contributed by atoms with Crippen molar-refractivity contribution in [1.29, 1.82) is 0 Å². The number of amides is 1. The lowest BCUT2D eigenvalue weighted by molar-refractivity contribution is 0.0939. The van der Waals surface area contributed by atoms with Crippen molar-refractivity contribution in [3.05, 3.63) is 82.0 Å². The zero-order chi connectivity index (χ0) is 19.4. The summed E-state index contributed by atoms with van der Waals surface area (Å²) in [5.41, 5.74) is 3.90. The van der Waals surface area contributed by atoms with Crippen LogP contribution in [0.1, 0.15) is 38.5 Å². The van der Waals surface area contributed by atoms with Gasteiger partial charge in [0.15, 0.2) is 5.69 Å². The Morgan fingerprint density at radius 1 is 1.11 bits per heavy atom. The number of nitrogens with zero attached hydrogens (tertiary/aromatic N) is 1. The monoisotopic (exact) mass is 368 g/mol. The predicted molar refractivity (Wildman–Crippen MR) is 99.1 cm³/mol. The van der Waals surface area contributed by atoms with Crippen LogP contribution >= 0.6 is 0 Å². The molecule has 0 aliphatic heterocycles. The smallest absolute Gasteiger partial charge is 0.274 e. The second kappa shape index (κ2) is 8.03. The van der Waals surface area contributed by atoms with Crippen molar-refractivity contribution in [1.82, 2.24) is 10.5 Å². The lowest BCUT2D eigenvalue weighted by Gasteiger charge is -2.09. The number of hydrogen-bond donors (Lipinski definition) is 1. The van der Waals surface area contributed by atoms with Crippen LogP contribution in [-0.2, 0) is 13.2 Å². The molecular formula is C21H21FN2O3. The van der Waals surface area contributed by atoms with E-state index in [4.69, 9.17) is 9.26 Å². The molecule has 0 fully saturated rings. The van der Waals surface area contributed by atoms with Crippen LogP contribution in [0.3, 0.4) is 0 Å². The van der Waals surface area contributed by atoms with Crippen molar-refractivity contribution < 1.29 is 18.4 Å². The summed E-state index contributed by atoms with van der Waals surface area (Å²) < 4.78 is 23.9. The lowest BCUT2D eigenvalue weighted by Crippen LogP contribution is -2.24. The summed E-state index contributed by atoms with van der Waals surface area (Å²) >= 11 is 0. The number of halogens is 1. The van der Waals surface area contributed by atoms with Crippen LogP contribution in [0.2, 0.25) is 0 Å². The summed E-state index contributed by atoms with van der Waals surface area (Å²) in [6.45, 7) is 6.23. The second-order valence-electron chi connectivity index (χ2n) is 6.41. The van der Waals surface area contributed by atoms with Crippen LogP contribution in [0.5, 0.6) is 5.75 Å². The number of ether oxygens (including phenoxy) is 1. The van der Waals surface area contributed by atoms with Crippen molar-refractivity contribution in [2.24, 2.45) is 0 Å². The summed E-state index contributed by atoms with van der Waals surface area (Å²) in [7, 11) is 0. The molecule has 3 rings (SSSR count). The van der Waals surface area contributed by atoms with E-state index in [-0.39, 0.29) is 30.6 Å². The Kier molecular flexibility index (Phi) is 5.54. The quantitative estimate of drug-likeness (QED) is 0.706. The molecule has 0 saturated heterocycles. The number of benzene rings is 2. The first-order valence-electron chi connectivity index (χ1n) is 8.62. The standard InChI is InChI=1S/C21H21FN2O3/c1-13-4-9-18(10-14(13)2)26-12-19-15(3)27-24-20(19)21(25)23-11-16-5-7-17(22)8-6-16/h4-10H,11-12H2,1-3H3,(H,23,25). The molecule has 2 aromatic carbocycles. The Labute approximate surface area is 157 Å². The van der Waals surface area contributed by atoms with Crippen LogP contribution < -0.4 is 10.1 Å². The predicted octanol–water partition coefficient (Wildman–Crippen LogP) is 4.25. The molecule has 6 heteroatoms. The zero-order valence-electron chi connectivity index (χ0n) is 15.5. The molecule has 1 amide bonds. The number of carbonyl (C=O) groups excluding carboxylic acids is 1. The summed E-state index contributed by atoms with van der Waals surface area (Å²) in [6.07, 6.45) is 0. The topological polar surface area (TPSA) is 64.4 Å². The molecule has 0 aliphatic carbocycles. The largest absolute Gasteiger partial charge is 0.489 e. The van der Waals surface area contributed by atoms with Gasteiger partial charge in [-0.15, -0.1) is 0 Å². The Morgan fingerprint density at radius 3 is 2.56 bits per heavy atom. The summed E-state index contributed by atoms with van der Waals surface area (Å²) in [6, 6.07) is 11.8. The maximum atomic E-state index is 13.0. The van der Waals surface area contributed by atoms with Gasteiger partial charge in [0.1, 0.15) is 23.9 Å². The second-order valence-corrected chi connectivity index (χ2v) is 6.41. The van der Waals surface area contributed by atoms with Crippen LogP contribution in [-0.4, -0.2) is 11.1 Å². The molecule has 5 nitrogen and oxygen atoms in total. The Bertz CT molecular complexity index is 949. The van der Waals surface area contributed by atoms with Gasteiger partial charge >= 0.3 is 0 Å². The molecule has 27 heavy (non-hydrogen) atoms. The molecule has 0 radical (unpaired) electrons. The van der Waals surface area contributed by atoms with Gasteiger partial charge < -0.3 is 14.6 Å². The third-order valence-electron chi connectivity index (χ3n) is 4.43. The minimum Gasteiger partial charge on any atom is -0.489 e. The van der Waals surface area contributed by atoms with E-state index in [1.165, 1.54) is 17.7 Å². The number of aromatic nitrogens is 1. The molecule has 3 aromatic rings. The SMILES string of the molecule is Cc1ccc(OCc2c(C(=O)NCc3ccc(F)cc3)noc2C)cc1C. The maximum absolute atomic E-state index is 13.0. The van der Waals surface area contributed by atoms with Gasteiger partial charge in [-0.2, -0.15) is 0 Å². The Balaban J connectivity index is 1.66. The Morgan fingerprint density at radius 2 is 1.85 bits per heavy atom. The molecule has 0 saturated carbocycles. The normalized spacial score (nSPS) is 10.7. The van der Waals surface area contributed by atoms with E-state index in [0.717, 1.165) is 16.9 Å². The van der Waals surface area contributed by atoms with E-state index in [9.17, 15) is 9.18 Å². The van der Waals surface area contributed by atoms with Gasteiger partial charge in [-0.25, -0.2) is 4.39 Å². The van der Waals surface area contributed by atoms with Crippen LogP contribution in [0.15, 0.2) is 47.0 Å². The first-order valence-corrected chi connectivity index (χ1v) is 8.62. The van der Waals surface area contributed by atoms with E-state index >= 15 is 0 Å². The fraction of sp³-hybridized carbons (Fsp3) is 0.238. The van der Waals surface area contributed by atoms with E-state index in [0.29, 0.717) is 11.3 Å². The molecule has 0 atom stereocenters. The number of rotatable bonds is 6. The van der Waals surface area contributed by atoms with Gasteiger partial charge in [0.25, 0.3) is 5.91 Å². The van der Waals surface area contributed by atoms with Crippen molar-refractivity contribution in [3.63, 3.8) is 0 Å². The first-order chi connectivity index (χ1) is 12.9. The molecule has 1 heterocycles.